The number of nitrogens with zero attached hydrogens (tertiary/aromatic N) is 4. The van der Waals surface area contributed by atoms with E-state index in [0.717, 1.165) is 94.7 Å². The molecule has 0 atom stereocenters. The van der Waals surface area contributed by atoms with E-state index in [2.05, 4.69) is 198 Å². The maximum absolute atomic E-state index is 6.21. The summed E-state index contributed by atoms with van der Waals surface area (Å²) >= 11 is 0. The molecule has 0 saturated heterocycles. The molecular weight excluding hydrogens is 721 g/mol. The first-order valence-corrected chi connectivity index (χ1v) is 19.9. The number of hydrogen-bond acceptors (Lipinski definition) is 4. The van der Waals surface area contributed by atoms with Crippen molar-refractivity contribution in [1.29, 1.82) is 0 Å². The Labute approximate surface area is 339 Å². The van der Waals surface area contributed by atoms with E-state index in [-0.39, 0.29) is 0 Å². The van der Waals surface area contributed by atoms with Crippen molar-refractivity contribution in [2.24, 2.45) is 0 Å². The SMILES string of the molecule is c1ccc(N(c2ccc(-c3nc4c(-c5nc6ccccc6n5-c5ccccc5)cccc4c4c3ccc3ccccc34)cc2)c2ccc3oc4ccccc4c3c2)cc1. The summed E-state index contributed by atoms with van der Waals surface area (Å²) in [7, 11) is 0. The Bertz CT molecular complexity index is 3550. The monoisotopic (exact) mass is 754 g/mol. The Morgan fingerprint density at radius 3 is 1.98 bits per heavy atom. The highest BCUT2D eigenvalue weighted by Crippen LogP contribution is 2.43. The average Bonchev–Trinajstić information content (AvgIpc) is 3.88. The van der Waals surface area contributed by atoms with Gasteiger partial charge in [0.1, 0.15) is 17.0 Å². The van der Waals surface area contributed by atoms with Crippen molar-refractivity contribution >= 4 is 82.5 Å². The Morgan fingerprint density at radius 1 is 0.441 bits per heavy atom. The van der Waals surface area contributed by atoms with Gasteiger partial charge in [0.25, 0.3) is 0 Å². The van der Waals surface area contributed by atoms with E-state index in [1.54, 1.807) is 0 Å². The number of furan rings is 1. The second-order valence-electron chi connectivity index (χ2n) is 15.0. The van der Waals surface area contributed by atoms with Crippen LogP contribution in [0.4, 0.5) is 17.1 Å². The molecule has 0 bridgehead atoms. The van der Waals surface area contributed by atoms with Crippen LogP contribution in [0.25, 0.3) is 93.8 Å². The van der Waals surface area contributed by atoms with Crippen LogP contribution in [0.5, 0.6) is 0 Å². The predicted octanol–water partition coefficient (Wildman–Crippen LogP) is 14.6. The molecule has 59 heavy (non-hydrogen) atoms. The summed E-state index contributed by atoms with van der Waals surface area (Å²) < 4.78 is 8.47. The zero-order valence-corrected chi connectivity index (χ0v) is 31.8. The number of imidazole rings is 1. The molecule has 0 aliphatic rings. The van der Waals surface area contributed by atoms with Gasteiger partial charge < -0.3 is 9.32 Å². The van der Waals surface area contributed by atoms with E-state index < -0.39 is 0 Å². The topological polar surface area (TPSA) is 47.1 Å². The van der Waals surface area contributed by atoms with E-state index >= 15 is 0 Å². The molecule has 0 amide bonds. The van der Waals surface area contributed by atoms with E-state index in [0.29, 0.717) is 0 Å². The number of anilines is 3. The van der Waals surface area contributed by atoms with Crippen molar-refractivity contribution in [2.75, 3.05) is 4.90 Å². The van der Waals surface area contributed by atoms with E-state index in [1.165, 1.54) is 16.2 Å². The Hall–Kier alpha value is -8.02. The summed E-state index contributed by atoms with van der Waals surface area (Å²) in [5, 5.41) is 7.97. The molecule has 0 aliphatic heterocycles. The third-order valence-electron chi connectivity index (χ3n) is 11.6. The zero-order valence-electron chi connectivity index (χ0n) is 31.8. The average molecular weight is 755 g/mol. The van der Waals surface area contributed by atoms with Gasteiger partial charge >= 0.3 is 0 Å². The minimum Gasteiger partial charge on any atom is -0.456 e. The lowest BCUT2D eigenvalue weighted by Crippen LogP contribution is -2.09. The summed E-state index contributed by atoms with van der Waals surface area (Å²) in [5.41, 5.74) is 11.8. The quantitative estimate of drug-likeness (QED) is 0.159. The normalized spacial score (nSPS) is 11.7. The van der Waals surface area contributed by atoms with E-state index in [1.807, 2.05) is 18.2 Å². The van der Waals surface area contributed by atoms with Crippen LogP contribution in [0.1, 0.15) is 0 Å². The molecule has 0 unspecified atom stereocenters. The van der Waals surface area contributed by atoms with Gasteiger partial charge in [-0.05, 0) is 89.6 Å². The molecule has 5 heteroatoms. The van der Waals surface area contributed by atoms with Crippen LogP contribution >= 0.6 is 0 Å². The van der Waals surface area contributed by atoms with Gasteiger partial charge in [-0.25, -0.2) is 9.97 Å². The largest absolute Gasteiger partial charge is 0.456 e. The van der Waals surface area contributed by atoms with Crippen LogP contribution in [0, 0.1) is 0 Å². The first kappa shape index (κ1) is 33.2. The summed E-state index contributed by atoms with van der Waals surface area (Å²) in [6.07, 6.45) is 0. The van der Waals surface area contributed by atoms with Crippen LogP contribution in [-0.4, -0.2) is 14.5 Å². The molecule has 276 valence electrons. The van der Waals surface area contributed by atoms with Crippen molar-refractivity contribution in [2.45, 2.75) is 0 Å². The lowest BCUT2D eigenvalue weighted by Gasteiger charge is -2.25. The third-order valence-corrected chi connectivity index (χ3v) is 11.6. The van der Waals surface area contributed by atoms with Crippen molar-refractivity contribution in [1.82, 2.24) is 14.5 Å². The molecule has 3 heterocycles. The smallest absolute Gasteiger partial charge is 0.147 e. The van der Waals surface area contributed by atoms with Crippen LogP contribution < -0.4 is 4.90 Å². The maximum atomic E-state index is 6.21. The van der Waals surface area contributed by atoms with Gasteiger partial charge in [0, 0.05) is 60.8 Å². The highest BCUT2D eigenvalue weighted by Gasteiger charge is 2.21. The maximum Gasteiger partial charge on any atom is 0.147 e. The predicted molar refractivity (Wildman–Crippen MR) is 244 cm³/mol. The number of rotatable bonds is 6. The summed E-state index contributed by atoms with van der Waals surface area (Å²) in [6, 6.07) is 72.5. The van der Waals surface area contributed by atoms with Crippen molar-refractivity contribution in [3.05, 3.63) is 206 Å². The number of aromatic nitrogens is 3. The second kappa shape index (κ2) is 13.3. The van der Waals surface area contributed by atoms with Gasteiger partial charge in [-0.2, -0.15) is 0 Å². The number of pyridine rings is 1. The van der Waals surface area contributed by atoms with Gasteiger partial charge in [0.2, 0.25) is 0 Å². The molecule has 12 aromatic rings. The fraction of sp³-hybridized carbons (Fsp3) is 0. The van der Waals surface area contributed by atoms with Gasteiger partial charge in [-0.15, -0.1) is 0 Å². The highest BCUT2D eigenvalue weighted by molar-refractivity contribution is 6.24. The van der Waals surface area contributed by atoms with Crippen LogP contribution in [-0.2, 0) is 0 Å². The summed E-state index contributed by atoms with van der Waals surface area (Å²) in [4.78, 5) is 13.2. The molecule has 12 rings (SSSR count). The van der Waals surface area contributed by atoms with Gasteiger partial charge in [-0.1, -0.05) is 127 Å². The van der Waals surface area contributed by atoms with Gasteiger partial charge in [-0.3, -0.25) is 4.57 Å². The molecule has 0 saturated carbocycles. The van der Waals surface area contributed by atoms with Crippen LogP contribution in [0.15, 0.2) is 211 Å². The van der Waals surface area contributed by atoms with E-state index in [9.17, 15) is 0 Å². The molecule has 0 radical (unpaired) electrons. The molecular formula is C54H34N4O. The lowest BCUT2D eigenvalue weighted by molar-refractivity contribution is 0.669. The minimum absolute atomic E-state index is 0.859. The Balaban J connectivity index is 1.07. The second-order valence-corrected chi connectivity index (χ2v) is 15.0. The van der Waals surface area contributed by atoms with Crippen molar-refractivity contribution in [3.8, 4) is 28.3 Å². The number of hydrogen-bond donors (Lipinski definition) is 0. The Morgan fingerprint density at radius 2 is 1.12 bits per heavy atom. The van der Waals surface area contributed by atoms with Crippen molar-refractivity contribution < 1.29 is 4.42 Å². The van der Waals surface area contributed by atoms with E-state index in [4.69, 9.17) is 14.4 Å². The molecule has 0 aliphatic carbocycles. The molecule has 5 nitrogen and oxygen atoms in total. The summed E-state index contributed by atoms with van der Waals surface area (Å²) in [5.74, 6) is 0.859. The standard InChI is InChI=1S/C54H34N4O/c1-3-15-37(16-4-1)57(40-31-33-50-46(34-40)42-20-9-12-25-49(42)59-50)39-29-26-36(27-30-39)52-44-32-28-35-14-7-8-19-41(35)51(44)43-21-13-22-45(53(43)56-52)54-55-47-23-10-11-24-48(47)58(54)38-17-5-2-6-18-38/h1-34H. The highest BCUT2D eigenvalue weighted by atomic mass is 16.3. The first-order chi connectivity index (χ1) is 29.3. The molecule has 0 N–H and O–H groups in total. The van der Waals surface area contributed by atoms with Crippen molar-refractivity contribution in [3.63, 3.8) is 0 Å². The Kier molecular flexibility index (Phi) is 7.47. The number of benzene rings is 9. The fourth-order valence-electron chi connectivity index (χ4n) is 8.89. The van der Waals surface area contributed by atoms with Gasteiger partial charge in [0.15, 0.2) is 0 Å². The molecule has 3 aromatic heterocycles. The first-order valence-electron chi connectivity index (χ1n) is 19.9. The number of para-hydroxylation sites is 6. The molecule has 0 spiro atoms. The van der Waals surface area contributed by atoms with Gasteiger partial charge in [0.05, 0.1) is 22.2 Å². The number of fused-ring (bicyclic) bond motifs is 9. The third kappa shape index (κ3) is 5.33. The van der Waals surface area contributed by atoms with Crippen LogP contribution in [0.3, 0.4) is 0 Å². The lowest BCUT2D eigenvalue weighted by atomic mass is 9.94. The summed E-state index contributed by atoms with van der Waals surface area (Å²) in [6.45, 7) is 0. The molecule has 0 fully saturated rings. The molecule has 9 aromatic carbocycles. The zero-order chi connectivity index (χ0) is 38.9. The fourth-order valence-corrected chi connectivity index (χ4v) is 8.89. The minimum atomic E-state index is 0.859. The van der Waals surface area contributed by atoms with Crippen LogP contribution in [0.2, 0.25) is 0 Å².